The van der Waals surface area contributed by atoms with E-state index >= 15 is 0 Å². The molecule has 0 radical (unpaired) electrons. The Labute approximate surface area is 185 Å². The monoisotopic (exact) mass is 453 g/mol. The number of nitrogens with one attached hydrogen (secondary N) is 3. The number of amides is 1. The maximum absolute atomic E-state index is 12.7. The van der Waals surface area contributed by atoms with E-state index in [-0.39, 0.29) is 16.0 Å². The van der Waals surface area contributed by atoms with Crippen molar-refractivity contribution in [1.82, 2.24) is 15.0 Å². The molecule has 0 bridgehead atoms. The lowest BCUT2D eigenvalue weighted by Crippen LogP contribution is -2.45. The molecule has 0 aliphatic carbocycles. The number of benzene rings is 2. The quantitative estimate of drug-likeness (QED) is 0.379. The molecule has 0 saturated heterocycles. The zero-order valence-electron chi connectivity index (χ0n) is 16.9. The van der Waals surface area contributed by atoms with E-state index in [0.29, 0.717) is 6.54 Å². The van der Waals surface area contributed by atoms with E-state index < -0.39 is 16.1 Å². The molecular weight excluding hydrogens is 430 g/mol. The van der Waals surface area contributed by atoms with Crippen molar-refractivity contribution in [3.63, 3.8) is 0 Å². The highest BCUT2D eigenvalue weighted by Crippen LogP contribution is 2.30. The van der Waals surface area contributed by atoms with Crippen LogP contribution in [0, 0.1) is 0 Å². The number of H-pyrrole nitrogens is 1. The van der Waals surface area contributed by atoms with Gasteiger partial charge >= 0.3 is 0 Å². The topological polar surface area (TPSA) is 91.1 Å². The minimum atomic E-state index is -3.72. The van der Waals surface area contributed by atoms with E-state index in [1.54, 1.807) is 18.4 Å². The van der Waals surface area contributed by atoms with Crippen molar-refractivity contribution in [2.45, 2.75) is 23.1 Å². The predicted octanol–water partition coefficient (Wildman–Crippen LogP) is 3.84. The zero-order chi connectivity index (χ0) is 21.8. The lowest BCUT2D eigenvalue weighted by molar-refractivity contribution is -0.122. The summed E-state index contributed by atoms with van der Waals surface area (Å²) >= 11 is 1.11. The molecule has 4 rings (SSSR count). The third kappa shape index (κ3) is 4.71. The van der Waals surface area contributed by atoms with E-state index in [1.807, 2.05) is 54.7 Å². The van der Waals surface area contributed by atoms with Gasteiger partial charge in [0.1, 0.15) is 4.21 Å². The molecule has 0 fully saturated rings. The summed E-state index contributed by atoms with van der Waals surface area (Å²) < 4.78 is 27.5. The first kappa shape index (κ1) is 21.3. The fourth-order valence-electron chi connectivity index (χ4n) is 3.59. The predicted molar refractivity (Wildman–Crippen MR) is 124 cm³/mol. The van der Waals surface area contributed by atoms with Crippen molar-refractivity contribution in [3.8, 4) is 0 Å². The number of para-hydroxylation sites is 1. The van der Waals surface area contributed by atoms with Crippen molar-refractivity contribution in [2.75, 3.05) is 6.54 Å². The molecule has 0 aliphatic rings. The highest BCUT2D eigenvalue weighted by atomic mass is 32.2. The van der Waals surface area contributed by atoms with E-state index in [2.05, 4.69) is 21.1 Å². The van der Waals surface area contributed by atoms with Crippen molar-refractivity contribution in [1.29, 1.82) is 0 Å². The SMILES string of the molecule is CC(NS(=O)(=O)c1cccs1)C(=O)NCC(c1ccccc1)c1c[nH]c2ccccc12. The van der Waals surface area contributed by atoms with Gasteiger partial charge in [-0.2, -0.15) is 4.72 Å². The average Bonchev–Trinajstić information content (AvgIpc) is 3.45. The number of sulfonamides is 1. The number of thiophene rings is 1. The first-order valence-corrected chi connectivity index (χ1v) is 12.3. The first-order valence-electron chi connectivity index (χ1n) is 9.90. The molecule has 2 aromatic carbocycles. The van der Waals surface area contributed by atoms with Gasteiger partial charge in [-0.15, -0.1) is 11.3 Å². The maximum Gasteiger partial charge on any atom is 0.250 e. The highest BCUT2D eigenvalue weighted by molar-refractivity contribution is 7.91. The highest BCUT2D eigenvalue weighted by Gasteiger charge is 2.24. The Hall–Kier alpha value is -2.94. The van der Waals surface area contributed by atoms with Gasteiger partial charge in [0.05, 0.1) is 6.04 Å². The summed E-state index contributed by atoms with van der Waals surface area (Å²) in [5.41, 5.74) is 3.18. The van der Waals surface area contributed by atoms with Gasteiger partial charge in [0.25, 0.3) is 10.0 Å². The van der Waals surface area contributed by atoms with Gasteiger partial charge in [0.15, 0.2) is 0 Å². The number of hydrogen-bond acceptors (Lipinski definition) is 4. The summed E-state index contributed by atoms with van der Waals surface area (Å²) in [6.45, 7) is 1.89. The molecule has 3 N–H and O–H groups in total. The molecule has 2 aromatic heterocycles. The van der Waals surface area contributed by atoms with E-state index in [9.17, 15) is 13.2 Å². The number of fused-ring (bicyclic) bond motifs is 1. The molecule has 0 aliphatic heterocycles. The minimum absolute atomic E-state index is 0.0811. The zero-order valence-corrected chi connectivity index (χ0v) is 18.5. The molecule has 0 spiro atoms. The van der Waals surface area contributed by atoms with Gasteiger partial charge in [0.2, 0.25) is 5.91 Å². The number of aromatic nitrogens is 1. The van der Waals surface area contributed by atoms with Crippen LogP contribution in [0.2, 0.25) is 0 Å². The molecule has 2 atom stereocenters. The lowest BCUT2D eigenvalue weighted by Gasteiger charge is -2.20. The lowest BCUT2D eigenvalue weighted by atomic mass is 9.91. The summed E-state index contributed by atoms with van der Waals surface area (Å²) in [4.78, 5) is 16.0. The van der Waals surface area contributed by atoms with Crippen LogP contribution in [0.15, 0.2) is 82.5 Å². The van der Waals surface area contributed by atoms with Crippen LogP contribution >= 0.6 is 11.3 Å². The largest absolute Gasteiger partial charge is 0.361 e. The van der Waals surface area contributed by atoms with Crippen LogP contribution in [0.3, 0.4) is 0 Å². The van der Waals surface area contributed by atoms with Crippen molar-refractivity contribution < 1.29 is 13.2 Å². The second-order valence-electron chi connectivity index (χ2n) is 7.27. The summed E-state index contributed by atoms with van der Waals surface area (Å²) in [5, 5.41) is 5.71. The fourth-order valence-corrected chi connectivity index (χ4v) is 5.80. The van der Waals surface area contributed by atoms with Crippen LogP contribution in [-0.2, 0) is 14.8 Å². The molecular formula is C23H23N3O3S2. The standard InChI is InChI=1S/C23H23N3O3S2/c1-16(26-31(28,29)22-12-7-13-30-22)23(27)25-14-19(17-8-3-2-4-9-17)20-15-24-21-11-6-5-10-18(20)21/h2-13,15-16,19,24,26H,14H2,1H3,(H,25,27). The van der Waals surface area contributed by atoms with Crippen LogP contribution in [0.4, 0.5) is 0 Å². The van der Waals surface area contributed by atoms with Gasteiger partial charge in [-0.1, -0.05) is 54.6 Å². The first-order chi connectivity index (χ1) is 15.0. The van der Waals surface area contributed by atoms with Crippen molar-refractivity contribution in [3.05, 3.63) is 89.4 Å². The van der Waals surface area contributed by atoms with Crippen molar-refractivity contribution in [2.24, 2.45) is 0 Å². The van der Waals surface area contributed by atoms with Gasteiger partial charge in [0, 0.05) is 29.6 Å². The van der Waals surface area contributed by atoms with Gasteiger partial charge in [-0.3, -0.25) is 4.79 Å². The molecule has 0 saturated carbocycles. The van der Waals surface area contributed by atoms with Crippen LogP contribution < -0.4 is 10.0 Å². The van der Waals surface area contributed by atoms with E-state index in [0.717, 1.165) is 33.4 Å². The summed E-state index contributed by atoms with van der Waals surface area (Å²) in [6.07, 6.45) is 1.97. The molecule has 6 nitrogen and oxygen atoms in total. The Balaban J connectivity index is 1.52. The number of aromatic amines is 1. The number of carbonyl (C=O) groups is 1. The fraction of sp³-hybridized carbons (Fsp3) is 0.174. The maximum atomic E-state index is 12.7. The Kier molecular flexibility index (Phi) is 6.22. The molecule has 2 unspecified atom stereocenters. The molecule has 31 heavy (non-hydrogen) atoms. The van der Waals surface area contributed by atoms with Gasteiger partial charge in [-0.05, 0) is 35.6 Å². The molecule has 1 amide bonds. The third-order valence-corrected chi connectivity index (χ3v) is 8.10. The Bertz CT molecular complexity index is 1270. The number of rotatable bonds is 8. The molecule has 4 aromatic rings. The second kappa shape index (κ2) is 9.05. The normalized spacial score (nSPS) is 13.7. The number of hydrogen-bond donors (Lipinski definition) is 3. The Morgan fingerprint density at radius 1 is 1.03 bits per heavy atom. The molecule has 8 heteroatoms. The molecule has 160 valence electrons. The van der Waals surface area contributed by atoms with Gasteiger partial charge in [-0.25, -0.2) is 8.42 Å². The number of carbonyl (C=O) groups excluding carboxylic acids is 1. The Morgan fingerprint density at radius 3 is 2.52 bits per heavy atom. The Morgan fingerprint density at radius 2 is 1.77 bits per heavy atom. The van der Waals surface area contributed by atoms with Crippen molar-refractivity contribution >= 4 is 38.2 Å². The van der Waals surface area contributed by atoms with Gasteiger partial charge < -0.3 is 10.3 Å². The third-order valence-electron chi connectivity index (χ3n) is 5.16. The molecule has 2 heterocycles. The van der Waals surface area contributed by atoms with Crippen LogP contribution in [0.5, 0.6) is 0 Å². The van der Waals surface area contributed by atoms with Crippen LogP contribution in [-0.4, -0.2) is 31.9 Å². The van der Waals surface area contributed by atoms with E-state index in [1.165, 1.54) is 6.07 Å². The van der Waals surface area contributed by atoms with E-state index in [4.69, 9.17) is 0 Å². The summed E-state index contributed by atoms with van der Waals surface area (Å²) in [7, 11) is -3.72. The summed E-state index contributed by atoms with van der Waals surface area (Å²) in [6, 6.07) is 20.3. The summed E-state index contributed by atoms with van der Waals surface area (Å²) in [5.74, 6) is -0.455. The minimum Gasteiger partial charge on any atom is -0.361 e. The second-order valence-corrected chi connectivity index (χ2v) is 10.2. The van der Waals surface area contributed by atoms with Crippen LogP contribution in [0.25, 0.3) is 10.9 Å². The van der Waals surface area contributed by atoms with Crippen LogP contribution in [0.1, 0.15) is 24.0 Å². The smallest absolute Gasteiger partial charge is 0.250 e. The average molecular weight is 454 g/mol.